The summed E-state index contributed by atoms with van der Waals surface area (Å²) >= 11 is 6.01. The number of carbonyl (C=O) groups excluding carboxylic acids is 2. The molecule has 10 heteroatoms. The van der Waals surface area contributed by atoms with Crippen molar-refractivity contribution in [3.05, 3.63) is 65.0 Å². The van der Waals surface area contributed by atoms with Crippen LogP contribution < -0.4 is 4.90 Å². The minimum absolute atomic E-state index is 0.0615. The number of carbonyl (C=O) groups is 2. The van der Waals surface area contributed by atoms with Crippen LogP contribution >= 0.6 is 11.6 Å². The average molecular weight is 423 g/mol. The molecule has 0 unspecified atom stereocenters. The number of benzene rings is 2. The summed E-state index contributed by atoms with van der Waals surface area (Å²) in [4.78, 5) is 31.3. The van der Waals surface area contributed by atoms with Crippen LogP contribution in [0.1, 0.15) is 11.5 Å². The van der Waals surface area contributed by atoms with Crippen molar-refractivity contribution in [2.24, 2.45) is 10.3 Å². The highest BCUT2D eigenvalue weighted by atomic mass is 35.5. The summed E-state index contributed by atoms with van der Waals surface area (Å²) in [6.07, 6.45) is 0. The molecule has 3 heterocycles. The number of aryl methyl sites for hydroxylation is 1. The van der Waals surface area contributed by atoms with Crippen LogP contribution in [-0.2, 0) is 16.1 Å². The second-order valence-electron chi connectivity index (χ2n) is 7.01. The van der Waals surface area contributed by atoms with E-state index in [1.54, 1.807) is 24.3 Å². The minimum Gasteiger partial charge on any atom is -0.337 e. The van der Waals surface area contributed by atoms with Crippen molar-refractivity contribution in [2.75, 3.05) is 4.90 Å². The van der Waals surface area contributed by atoms with E-state index < -0.39 is 23.9 Å². The van der Waals surface area contributed by atoms with E-state index in [1.165, 1.54) is 5.01 Å². The number of hydrogen-bond donors (Lipinski definition) is 0. The fourth-order valence-electron chi connectivity index (χ4n) is 3.61. The first kappa shape index (κ1) is 18.4. The lowest BCUT2D eigenvalue weighted by molar-refractivity contribution is -0.123. The van der Waals surface area contributed by atoms with E-state index in [9.17, 15) is 9.59 Å². The van der Waals surface area contributed by atoms with E-state index in [0.717, 1.165) is 16.0 Å². The summed E-state index contributed by atoms with van der Waals surface area (Å²) in [7, 11) is 0. The van der Waals surface area contributed by atoms with Gasteiger partial charge in [-0.3, -0.25) is 14.6 Å². The molecule has 0 spiro atoms. The molecule has 9 nitrogen and oxygen atoms in total. The topological polar surface area (TPSA) is 104 Å². The monoisotopic (exact) mass is 422 g/mol. The summed E-state index contributed by atoms with van der Waals surface area (Å²) in [5, 5.41) is 13.9. The molecule has 5 rings (SSSR count). The van der Waals surface area contributed by atoms with Crippen molar-refractivity contribution < 1.29 is 14.1 Å². The quantitative estimate of drug-likeness (QED) is 0.598. The molecule has 3 aromatic rings. The molecule has 2 atom stereocenters. The molecule has 0 saturated carbocycles. The summed E-state index contributed by atoms with van der Waals surface area (Å²) in [5.41, 5.74) is 2.27. The number of amides is 2. The van der Waals surface area contributed by atoms with E-state index >= 15 is 0 Å². The number of nitrogens with zero attached hydrogens (tertiary/aromatic N) is 6. The molecule has 2 amide bonds. The van der Waals surface area contributed by atoms with Gasteiger partial charge in [0.05, 0.1) is 5.69 Å². The Hall–Kier alpha value is -3.59. The highest BCUT2D eigenvalue weighted by molar-refractivity contribution is 6.31. The van der Waals surface area contributed by atoms with Gasteiger partial charge < -0.3 is 4.52 Å². The van der Waals surface area contributed by atoms with Crippen molar-refractivity contribution in [3.8, 4) is 11.4 Å². The largest absolute Gasteiger partial charge is 0.337 e. The summed E-state index contributed by atoms with van der Waals surface area (Å²) in [5.74, 6) is -0.139. The maximum Gasteiger partial charge on any atom is 0.263 e. The van der Waals surface area contributed by atoms with E-state index in [2.05, 4.69) is 20.5 Å². The Morgan fingerprint density at radius 3 is 2.73 bits per heavy atom. The minimum atomic E-state index is -0.907. The molecular formula is C20H15ClN6O3. The standard InChI is InChI=1S/C20H15ClN6O3/c1-11-5-2-3-8-14(11)18-22-15(30-24-18)10-26-17-16(23-25-26)19(28)27(20(17)29)13-7-4-6-12(21)9-13/h2-9,16-17H,10H2,1H3/t16-,17+/m1/s1. The third-order valence-electron chi connectivity index (χ3n) is 5.08. The first-order valence-electron chi connectivity index (χ1n) is 9.22. The molecule has 2 aliphatic rings. The predicted molar refractivity (Wildman–Crippen MR) is 106 cm³/mol. The van der Waals surface area contributed by atoms with Crippen LogP contribution in [0.15, 0.2) is 63.4 Å². The van der Waals surface area contributed by atoms with Gasteiger partial charge >= 0.3 is 0 Å². The van der Waals surface area contributed by atoms with Crippen LogP contribution in [0.3, 0.4) is 0 Å². The SMILES string of the molecule is Cc1ccccc1-c1noc(CN2N=N[C@H]3C(=O)N(c4cccc(Cl)c4)C(=O)[C@H]32)n1. The maximum absolute atomic E-state index is 13.0. The maximum atomic E-state index is 13.0. The van der Waals surface area contributed by atoms with Gasteiger partial charge in [-0.1, -0.05) is 52.3 Å². The Kier molecular flexibility index (Phi) is 4.32. The third kappa shape index (κ3) is 2.94. The molecule has 0 radical (unpaired) electrons. The fraction of sp³-hybridized carbons (Fsp3) is 0.200. The number of aromatic nitrogens is 2. The number of anilines is 1. The average Bonchev–Trinajstić information content (AvgIpc) is 3.41. The highest BCUT2D eigenvalue weighted by Crippen LogP contribution is 2.33. The smallest absolute Gasteiger partial charge is 0.263 e. The lowest BCUT2D eigenvalue weighted by atomic mass is 10.1. The Morgan fingerprint density at radius 1 is 1.10 bits per heavy atom. The lowest BCUT2D eigenvalue weighted by Gasteiger charge is -2.19. The first-order valence-corrected chi connectivity index (χ1v) is 9.60. The van der Waals surface area contributed by atoms with Crippen molar-refractivity contribution in [2.45, 2.75) is 25.6 Å². The fourth-order valence-corrected chi connectivity index (χ4v) is 3.80. The van der Waals surface area contributed by atoms with Crippen LogP contribution in [0, 0.1) is 6.92 Å². The predicted octanol–water partition coefficient (Wildman–Crippen LogP) is 3.19. The van der Waals surface area contributed by atoms with Gasteiger partial charge in [-0.25, -0.2) is 4.90 Å². The van der Waals surface area contributed by atoms with Gasteiger partial charge in [-0.05, 0) is 30.7 Å². The van der Waals surface area contributed by atoms with E-state index in [0.29, 0.717) is 16.5 Å². The van der Waals surface area contributed by atoms with Gasteiger partial charge in [0, 0.05) is 10.6 Å². The molecule has 1 aromatic heterocycles. The number of hydrogen-bond acceptors (Lipinski definition) is 8. The van der Waals surface area contributed by atoms with Gasteiger partial charge in [-0.15, -0.1) is 0 Å². The number of rotatable bonds is 4. The molecule has 150 valence electrons. The van der Waals surface area contributed by atoms with Crippen LogP contribution in [0.5, 0.6) is 0 Å². The zero-order valence-corrected chi connectivity index (χ0v) is 16.5. The highest BCUT2D eigenvalue weighted by Gasteiger charge is 2.55. The third-order valence-corrected chi connectivity index (χ3v) is 5.31. The zero-order valence-electron chi connectivity index (χ0n) is 15.8. The van der Waals surface area contributed by atoms with Crippen LogP contribution in [0.2, 0.25) is 5.02 Å². The van der Waals surface area contributed by atoms with E-state index in [1.807, 2.05) is 31.2 Å². The molecule has 0 bridgehead atoms. The summed E-state index contributed by atoms with van der Waals surface area (Å²) < 4.78 is 5.34. The summed E-state index contributed by atoms with van der Waals surface area (Å²) in [6, 6.07) is 12.5. The first-order chi connectivity index (χ1) is 14.5. The Labute approximate surface area is 175 Å². The molecule has 0 aliphatic carbocycles. The van der Waals surface area contributed by atoms with Crippen LogP contribution in [0.25, 0.3) is 11.4 Å². The van der Waals surface area contributed by atoms with Crippen molar-refractivity contribution in [1.29, 1.82) is 0 Å². The van der Waals surface area contributed by atoms with Crippen molar-refractivity contribution in [1.82, 2.24) is 15.1 Å². The van der Waals surface area contributed by atoms with Crippen LogP contribution in [-0.4, -0.2) is 39.0 Å². The van der Waals surface area contributed by atoms with Crippen molar-refractivity contribution in [3.63, 3.8) is 0 Å². The van der Waals surface area contributed by atoms with E-state index in [4.69, 9.17) is 16.1 Å². The Bertz CT molecular complexity index is 1190. The van der Waals surface area contributed by atoms with Gasteiger partial charge in [0.25, 0.3) is 11.8 Å². The molecule has 2 aromatic carbocycles. The second kappa shape index (κ2) is 7.03. The molecular weight excluding hydrogens is 408 g/mol. The molecule has 1 fully saturated rings. The molecule has 30 heavy (non-hydrogen) atoms. The number of halogens is 1. The lowest BCUT2D eigenvalue weighted by Crippen LogP contribution is -2.39. The van der Waals surface area contributed by atoms with Gasteiger partial charge in [0.15, 0.2) is 12.1 Å². The van der Waals surface area contributed by atoms with Gasteiger partial charge in [0.1, 0.15) is 6.54 Å². The van der Waals surface area contributed by atoms with E-state index in [-0.39, 0.29) is 12.4 Å². The van der Waals surface area contributed by atoms with Crippen molar-refractivity contribution >= 4 is 29.1 Å². The molecule has 2 aliphatic heterocycles. The molecule has 0 N–H and O–H groups in total. The normalized spacial score (nSPS) is 20.3. The van der Waals surface area contributed by atoms with Gasteiger partial charge in [0.2, 0.25) is 11.7 Å². The Balaban J connectivity index is 1.38. The van der Waals surface area contributed by atoms with Crippen LogP contribution in [0.4, 0.5) is 5.69 Å². The second-order valence-corrected chi connectivity index (χ2v) is 7.45. The number of fused-ring (bicyclic) bond motifs is 1. The number of imide groups is 1. The summed E-state index contributed by atoms with van der Waals surface area (Å²) in [6.45, 7) is 2.02. The zero-order chi connectivity index (χ0) is 20.8. The Morgan fingerprint density at radius 2 is 1.93 bits per heavy atom. The molecule has 1 saturated heterocycles. The van der Waals surface area contributed by atoms with Gasteiger partial charge in [-0.2, -0.15) is 10.1 Å².